The van der Waals surface area contributed by atoms with E-state index in [-0.39, 0.29) is 6.03 Å². The van der Waals surface area contributed by atoms with Crippen molar-refractivity contribution in [1.29, 1.82) is 0 Å². The number of hydrogen-bond donors (Lipinski definition) is 2. The molecule has 1 heterocycles. The Bertz CT molecular complexity index is 578. The molecule has 0 fully saturated rings. The normalized spacial score (nSPS) is 18.4. The summed E-state index contributed by atoms with van der Waals surface area (Å²) in [5, 5.41) is 5.47. The smallest absolute Gasteiger partial charge is 0.337 e. The van der Waals surface area contributed by atoms with Gasteiger partial charge >= 0.3 is 12.0 Å². The van der Waals surface area contributed by atoms with Gasteiger partial charge in [0.25, 0.3) is 0 Å². The Kier molecular flexibility index (Phi) is 4.08. The molecule has 0 spiro atoms. The summed E-state index contributed by atoms with van der Waals surface area (Å²) in [6, 6.07) is 6.88. The van der Waals surface area contributed by atoms with Crippen LogP contribution in [-0.2, 0) is 9.53 Å². The van der Waals surface area contributed by atoms with E-state index in [9.17, 15) is 9.59 Å². The minimum absolute atomic E-state index is 0.303. The van der Waals surface area contributed by atoms with Crippen LogP contribution in [0.15, 0.2) is 35.5 Å². The number of hydrogen-bond acceptors (Lipinski definition) is 3. The summed E-state index contributed by atoms with van der Waals surface area (Å²) in [5.41, 5.74) is 2.98. The van der Waals surface area contributed by atoms with Crippen molar-refractivity contribution < 1.29 is 14.3 Å². The molecule has 2 N–H and O–H groups in total. The van der Waals surface area contributed by atoms with Crippen molar-refractivity contribution in [1.82, 2.24) is 10.6 Å². The van der Waals surface area contributed by atoms with E-state index in [0.717, 1.165) is 11.1 Å². The minimum Gasteiger partial charge on any atom is -0.466 e. The first-order valence-corrected chi connectivity index (χ1v) is 6.52. The van der Waals surface area contributed by atoms with Gasteiger partial charge in [-0.05, 0) is 24.5 Å². The number of amides is 2. The fourth-order valence-electron chi connectivity index (χ4n) is 2.39. The number of urea groups is 1. The molecule has 106 valence electrons. The van der Waals surface area contributed by atoms with Gasteiger partial charge < -0.3 is 15.4 Å². The molecule has 1 aromatic rings. The molecule has 2 rings (SSSR count). The third-order valence-corrected chi connectivity index (χ3v) is 3.41. The number of methoxy groups -OCH3 is 1. The van der Waals surface area contributed by atoms with Crippen LogP contribution in [0.25, 0.3) is 0 Å². The highest BCUT2D eigenvalue weighted by atomic mass is 16.5. The maximum Gasteiger partial charge on any atom is 0.337 e. The number of esters is 1. The van der Waals surface area contributed by atoms with Crippen LogP contribution in [0.3, 0.4) is 0 Å². The Morgan fingerprint density at radius 1 is 1.35 bits per heavy atom. The number of aryl methyl sites for hydroxylation is 1. The summed E-state index contributed by atoms with van der Waals surface area (Å²) in [6.45, 7) is 3.84. The number of nitrogens with one attached hydrogen (secondary N) is 2. The van der Waals surface area contributed by atoms with Crippen molar-refractivity contribution in [3.8, 4) is 0 Å². The van der Waals surface area contributed by atoms with E-state index in [4.69, 9.17) is 4.74 Å². The molecule has 0 bridgehead atoms. The molecule has 1 atom stereocenters. The van der Waals surface area contributed by atoms with Gasteiger partial charge in [-0.3, -0.25) is 0 Å². The number of benzene rings is 1. The van der Waals surface area contributed by atoms with Crippen molar-refractivity contribution in [3.63, 3.8) is 0 Å². The van der Waals surface area contributed by atoms with Gasteiger partial charge in [-0.1, -0.05) is 31.2 Å². The van der Waals surface area contributed by atoms with Crippen LogP contribution in [-0.4, -0.2) is 19.1 Å². The predicted octanol–water partition coefficient (Wildman–Crippen LogP) is 2.19. The van der Waals surface area contributed by atoms with Gasteiger partial charge in [-0.15, -0.1) is 0 Å². The first kappa shape index (κ1) is 14.1. The lowest BCUT2D eigenvalue weighted by atomic mass is 9.91. The SMILES string of the molecule is CCC1=C(C(=O)OC)C(c2ccccc2C)NC(=O)N1. The monoisotopic (exact) mass is 274 g/mol. The molecule has 0 aromatic heterocycles. The zero-order valence-corrected chi connectivity index (χ0v) is 11.8. The Hall–Kier alpha value is -2.30. The van der Waals surface area contributed by atoms with Gasteiger partial charge in [-0.25, -0.2) is 9.59 Å². The van der Waals surface area contributed by atoms with Crippen LogP contribution in [0.2, 0.25) is 0 Å². The van der Waals surface area contributed by atoms with Gasteiger partial charge in [0, 0.05) is 5.70 Å². The zero-order chi connectivity index (χ0) is 14.7. The van der Waals surface area contributed by atoms with Crippen molar-refractivity contribution in [2.75, 3.05) is 7.11 Å². The number of rotatable bonds is 3. The van der Waals surface area contributed by atoms with Crippen LogP contribution < -0.4 is 10.6 Å². The molecule has 2 amide bonds. The molecule has 0 radical (unpaired) electrons. The van der Waals surface area contributed by atoms with Crippen LogP contribution in [0.4, 0.5) is 4.79 Å². The molecule has 1 aliphatic heterocycles. The van der Waals surface area contributed by atoms with Gasteiger partial charge in [-0.2, -0.15) is 0 Å². The number of carbonyl (C=O) groups is 2. The standard InChI is InChI=1S/C15H18N2O3/c1-4-11-12(14(18)20-3)13(17-15(19)16-11)10-8-6-5-7-9(10)2/h5-8,13H,4H2,1-3H3,(H2,16,17,19). The van der Waals surface area contributed by atoms with Gasteiger partial charge in [0.15, 0.2) is 0 Å². The second-order valence-corrected chi connectivity index (χ2v) is 4.63. The number of allylic oxidation sites excluding steroid dienone is 1. The maximum atomic E-state index is 12.1. The van der Waals surface area contributed by atoms with E-state index < -0.39 is 12.0 Å². The molecule has 5 nitrogen and oxygen atoms in total. The third kappa shape index (κ3) is 2.52. The molecule has 0 aliphatic carbocycles. The topological polar surface area (TPSA) is 67.4 Å². The summed E-state index contributed by atoms with van der Waals surface area (Å²) in [5.74, 6) is -0.428. The fourth-order valence-corrected chi connectivity index (χ4v) is 2.39. The summed E-state index contributed by atoms with van der Waals surface area (Å²) in [7, 11) is 1.34. The zero-order valence-electron chi connectivity index (χ0n) is 11.8. The molecular weight excluding hydrogens is 256 g/mol. The average molecular weight is 274 g/mol. The molecular formula is C15H18N2O3. The lowest BCUT2D eigenvalue weighted by molar-refractivity contribution is -0.136. The highest BCUT2D eigenvalue weighted by molar-refractivity contribution is 5.95. The van der Waals surface area contributed by atoms with E-state index >= 15 is 0 Å². The Morgan fingerprint density at radius 2 is 2.05 bits per heavy atom. The predicted molar refractivity (Wildman–Crippen MR) is 74.9 cm³/mol. The molecule has 1 unspecified atom stereocenters. The number of carbonyl (C=O) groups excluding carboxylic acids is 2. The minimum atomic E-state index is -0.479. The summed E-state index contributed by atoms with van der Waals surface area (Å²) < 4.78 is 4.86. The van der Waals surface area contributed by atoms with Crippen molar-refractivity contribution >= 4 is 12.0 Å². The first-order chi connectivity index (χ1) is 9.58. The summed E-state index contributed by atoms with van der Waals surface area (Å²) >= 11 is 0. The van der Waals surface area contributed by atoms with Crippen LogP contribution in [0, 0.1) is 6.92 Å². The van der Waals surface area contributed by atoms with Crippen molar-refractivity contribution in [3.05, 3.63) is 46.7 Å². The average Bonchev–Trinajstić information content (AvgIpc) is 2.46. The van der Waals surface area contributed by atoms with E-state index in [1.165, 1.54) is 7.11 Å². The van der Waals surface area contributed by atoms with Crippen LogP contribution in [0.1, 0.15) is 30.5 Å². The van der Waals surface area contributed by atoms with Crippen LogP contribution in [0.5, 0.6) is 0 Å². The molecule has 1 aliphatic rings. The highest BCUT2D eigenvalue weighted by Gasteiger charge is 2.33. The van der Waals surface area contributed by atoms with Crippen LogP contribution >= 0.6 is 0 Å². The first-order valence-electron chi connectivity index (χ1n) is 6.52. The highest BCUT2D eigenvalue weighted by Crippen LogP contribution is 2.30. The Labute approximate surface area is 118 Å². The van der Waals surface area contributed by atoms with Gasteiger partial charge in [0.05, 0.1) is 18.7 Å². The maximum absolute atomic E-state index is 12.1. The third-order valence-electron chi connectivity index (χ3n) is 3.41. The lowest BCUT2D eigenvalue weighted by Gasteiger charge is -2.29. The quantitative estimate of drug-likeness (QED) is 0.830. The van der Waals surface area contributed by atoms with Gasteiger partial charge in [0.2, 0.25) is 0 Å². The summed E-state index contributed by atoms with van der Waals surface area (Å²) in [4.78, 5) is 23.8. The van der Waals surface area contributed by atoms with E-state index in [2.05, 4.69) is 10.6 Å². The molecule has 0 saturated heterocycles. The van der Waals surface area contributed by atoms with E-state index in [1.807, 2.05) is 38.1 Å². The largest absolute Gasteiger partial charge is 0.466 e. The molecule has 0 saturated carbocycles. The molecule has 1 aromatic carbocycles. The van der Waals surface area contributed by atoms with Crippen molar-refractivity contribution in [2.45, 2.75) is 26.3 Å². The summed E-state index contributed by atoms with van der Waals surface area (Å²) in [6.07, 6.45) is 0.556. The molecule has 20 heavy (non-hydrogen) atoms. The Balaban J connectivity index is 2.56. The van der Waals surface area contributed by atoms with E-state index in [1.54, 1.807) is 0 Å². The van der Waals surface area contributed by atoms with Crippen molar-refractivity contribution in [2.24, 2.45) is 0 Å². The lowest BCUT2D eigenvalue weighted by Crippen LogP contribution is -2.46. The fraction of sp³-hybridized carbons (Fsp3) is 0.333. The molecule has 5 heteroatoms. The van der Waals surface area contributed by atoms with Gasteiger partial charge in [0.1, 0.15) is 0 Å². The van der Waals surface area contributed by atoms with E-state index in [0.29, 0.717) is 17.7 Å². The Morgan fingerprint density at radius 3 is 2.65 bits per heavy atom. The second-order valence-electron chi connectivity index (χ2n) is 4.63. The second kappa shape index (κ2) is 5.77. The number of ether oxygens (including phenoxy) is 1.